The maximum absolute atomic E-state index is 11.6. The van der Waals surface area contributed by atoms with E-state index in [0.29, 0.717) is 5.56 Å². The standard InChI is InChI=1S/C13H15NO/c1-13(2,3)8-4-5-12(15)11-6-9-14-10-7-11/h6-7,9-10H,5H2,1-3H3. The summed E-state index contributed by atoms with van der Waals surface area (Å²) in [5.41, 5.74) is 0.631. The van der Waals surface area contributed by atoms with Crippen LogP contribution >= 0.6 is 0 Å². The molecule has 1 rings (SSSR count). The predicted molar refractivity (Wildman–Crippen MR) is 60.4 cm³/mol. The zero-order valence-corrected chi connectivity index (χ0v) is 9.37. The third-order valence-corrected chi connectivity index (χ3v) is 1.71. The van der Waals surface area contributed by atoms with E-state index in [0.717, 1.165) is 0 Å². The molecule has 0 aliphatic carbocycles. The SMILES string of the molecule is CC(C)(C)C#CCC(=O)c1ccncc1. The quantitative estimate of drug-likeness (QED) is 0.544. The van der Waals surface area contributed by atoms with E-state index in [1.54, 1.807) is 24.5 Å². The minimum Gasteiger partial charge on any atom is -0.293 e. The average molecular weight is 201 g/mol. The number of ketones is 1. The molecule has 0 saturated carbocycles. The Morgan fingerprint density at radius 2 is 1.93 bits per heavy atom. The molecule has 0 atom stereocenters. The van der Waals surface area contributed by atoms with Gasteiger partial charge in [0.05, 0.1) is 6.42 Å². The van der Waals surface area contributed by atoms with Crippen molar-refractivity contribution < 1.29 is 4.79 Å². The third kappa shape index (κ3) is 4.42. The van der Waals surface area contributed by atoms with Crippen LogP contribution in [0.25, 0.3) is 0 Å². The van der Waals surface area contributed by atoms with Gasteiger partial charge in [-0.25, -0.2) is 0 Å². The molecule has 0 aliphatic heterocycles. The van der Waals surface area contributed by atoms with Crippen LogP contribution in [0, 0.1) is 17.3 Å². The lowest BCUT2D eigenvalue weighted by Crippen LogP contribution is -2.01. The van der Waals surface area contributed by atoms with Crippen LogP contribution in [-0.4, -0.2) is 10.8 Å². The number of carbonyl (C=O) groups is 1. The Kier molecular flexibility index (Phi) is 3.62. The molecule has 0 bridgehead atoms. The molecule has 0 aliphatic rings. The topological polar surface area (TPSA) is 30.0 Å². The van der Waals surface area contributed by atoms with Crippen molar-refractivity contribution in [2.45, 2.75) is 27.2 Å². The number of carbonyl (C=O) groups excluding carboxylic acids is 1. The highest BCUT2D eigenvalue weighted by Gasteiger charge is 2.05. The molecule has 0 N–H and O–H groups in total. The second kappa shape index (κ2) is 4.75. The van der Waals surface area contributed by atoms with Crippen molar-refractivity contribution in [2.24, 2.45) is 5.41 Å². The Balaban J connectivity index is 2.61. The smallest absolute Gasteiger partial charge is 0.174 e. The van der Waals surface area contributed by atoms with Crippen LogP contribution in [0.1, 0.15) is 37.6 Å². The minimum atomic E-state index is -0.0431. The zero-order valence-electron chi connectivity index (χ0n) is 9.37. The van der Waals surface area contributed by atoms with Gasteiger partial charge in [-0.3, -0.25) is 9.78 Å². The Morgan fingerprint density at radius 1 is 1.33 bits per heavy atom. The van der Waals surface area contributed by atoms with Crippen molar-refractivity contribution in [1.82, 2.24) is 4.98 Å². The number of aromatic nitrogens is 1. The van der Waals surface area contributed by atoms with Crippen LogP contribution in [-0.2, 0) is 0 Å². The summed E-state index contributed by atoms with van der Waals surface area (Å²) in [5.74, 6) is 5.99. The summed E-state index contributed by atoms with van der Waals surface area (Å²) in [7, 11) is 0. The Hall–Kier alpha value is -1.62. The van der Waals surface area contributed by atoms with Gasteiger partial charge in [0.25, 0.3) is 0 Å². The van der Waals surface area contributed by atoms with Gasteiger partial charge >= 0.3 is 0 Å². The lowest BCUT2D eigenvalue weighted by atomic mass is 9.97. The van der Waals surface area contributed by atoms with Crippen LogP contribution in [0.4, 0.5) is 0 Å². The van der Waals surface area contributed by atoms with Gasteiger partial charge in [0.1, 0.15) is 0 Å². The summed E-state index contributed by atoms with van der Waals surface area (Å²) < 4.78 is 0. The maximum Gasteiger partial charge on any atom is 0.174 e. The first-order valence-corrected chi connectivity index (χ1v) is 4.92. The molecule has 1 heterocycles. The maximum atomic E-state index is 11.6. The summed E-state index contributed by atoms with van der Waals surface area (Å²) in [5, 5.41) is 0. The van der Waals surface area contributed by atoms with E-state index in [-0.39, 0.29) is 17.6 Å². The van der Waals surface area contributed by atoms with Crippen LogP contribution in [0.5, 0.6) is 0 Å². The number of hydrogen-bond donors (Lipinski definition) is 0. The lowest BCUT2D eigenvalue weighted by molar-refractivity contribution is 0.0998. The van der Waals surface area contributed by atoms with E-state index < -0.39 is 0 Å². The Labute approximate surface area is 90.7 Å². The minimum absolute atomic E-state index is 0.0431. The number of hydrogen-bond acceptors (Lipinski definition) is 2. The molecule has 1 aromatic heterocycles. The van der Waals surface area contributed by atoms with Crippen molar-refractivity contribution in [3.05, 3.63) is 30.1 Å². The van der Waals surface area contributed by atoms with Crippen LogP contribution in [0.3, 0.4) is 0 Å². The Bertz CT molecular complexity index is 390. The summed E-state index contributed by atoms with van der Waals surface area (Å²) >= 11 is 0. The number of pyridine rings is 1. The molecule has 0 amide bonds. The fourth-order valence-corrected chi connectivity index (χ4v) is 1.03. The van der Waals surface area contributed by atoms with Gasteiger partial charge in [-0.05, 0) is 32.9 Å². The van der Waals surface area contributed by atoms with Crippen molar-refractivity contribution in [3.63, 3.8) is 0 Å². The third-order valence-electron chi connectivity index (χ3n) is 1.71. The first-order valence-electron chi connectivity index (χ1n) is 4.92. The highest BCUT2D eigenvalue weighted by molar-refractivity contribution is 5.97. The van der Waals surface area contributed by atoms with Crippen molar-refractivity contribution >= 4 is 5.78 Å². The molecule has 2 nitrogen and oxygen atoms in total. The molecular formula is C13H15NO. The monoisotopic (exact) mass is 201 g/mol. The highest BCUT2D eigenvalue weighted by atomic mass is 16.1. The molecule has 78 valence electrons. The second-order valence-electron chi connectivity index (χ2n) is 4.39. The van der Waals surface area contributed by atoms with Gasteiger partial charge in [-0.1, -0.05) is 11.8 Å². The average Bonchev–Trinajstić information content (AvgIpc) is 2.17. The van der Waals surface area contributed by atoms with Gasteiger partial charge < -0.3 is 0 Å². The van der Waals surface area contributed by atoms with E-state index in [9.17, 15) is 4.79 Å². The van der Waals surface area contributed by atoms with E-state index in [1.165, 1.54) is 0 Å². The fraction of sp³-hybridized carbons (Fsp3) is 0.385. The summed E-state index contributed by atoms with van der Waals surface area (Å²) in [6.07, 6.45) is 3.51. The molecule has 2 heteroatoms. The molecule has 0 fully saturated rings. The molecule has 0 saturated heterocycles. The predicted octanol–water partition coefficient (Wildman–Crippen LogP) is 2.70. The normalized spacial score (nSPS) is 10.3. The molecule has 0 aromatic carbocycles. The number of Topliss-reactive ketones (excluding diaryl/α,β-unsaturated/α-hetero) is 1. The van der Waals surface area contributed by atoms with E-state index in [4.69, 9.17) is 0 Å². The number of nitrogens with zero attached hydrogens (tertiary/aromatic N) is 1. The summed E-state index contributed by atoms with van der Waals surface area (Å²) in [4.78, 5) is 15.5. The largest absolute Gasteiger partial charge is 0.293 e. The van der Waals surface area contributed by atoms with Gasteiger partial charge in [-0.15, -0.1) is 0 Å². The molecular weight excluding hydrogens is 186 g/mol. The fourth-order valence-electron chi connectivity index (χ4n) is 1.03. The van der Waals surface area contributed by atoms with E-state index >= 15 is 0 Å². The molecule has 0 unspecified atom stereocenters. The van der Waals surface area contributed by atoms with Gasteiger partial charge in [0.2, 0.25) is 0 Å². The molecule has 0 radical (unpaired) electrons. The van der Waals surface area contributed by atoms with Crippen molar-refractivity contribution in [2.75, 3.05) is 0 Å². The van der Waals surface area contributed by atoms with Crippen molar-refractivity contribution in [3.8, 4) is 11.8 Å². The Morgan fingerprint density at radius 3 is 2.47 bits per heavy atom. The van der Waals surface area contributed by atoms with E-state index in [1.807, 2.05) is 20.8 Å². The van der Waals surface area contributed by atoms with Crippen LogP contribution in [0.15, 0.2) is 24.5 Å². The molecule has 1 aromatic rings. The lowest BCUT2D eigenvalue weighted by Gasteiger charge is -2.06. The van der Waals surface area contributed by atoms with Crippen molar-refractivity contribution in [1.29, 1.82) is 0 Å². The van der Waals surface area contributed by atoms with Gasteiger partial charge in [0.15, 0.2) is 5.78 Å². The van der Waals surface area contributed by atoms with Gasteiger partial charge in [-0.2, -0.15) is 0 Å². The first-order chi connectivity index (χ1) is 6.99. The van der Waals surface area contributed by atoms with Crippen LogP contribution < -0.4 is 0 Å². The van der Waals surface area contributed by atoms with Gasteiger partial charge in [0, 0.05) is 23.4 Å². The van der Waals surface area contributed by atoms with E-state index in [2.05, 4.69) is 16.8 Å². The number of rotatable bonds is 2. The highest BCUT2D eigenvalue weighted by Crippen LogP contribution is 2.10. The first kappa shape index (κ1) is 11.5. The summed E-state index contributed by atoms with van der Waals surface area (Å²) in [6, 6.07) is 3.42. The molecule has 15 heavy (non-hydrogen) atoms. The molecule has 0 spiro atoms. The van der Waals surface area contributed by atoms with Crippen LogP contribution in [0.2, 0.25) is 0 Å². The second-order valence-corrected chi connectivity index (χ2v) is 4.39. The summed E-state index contributed by atoms with van der Waals surface area (Å²) in [6.45, 7) is 6.07. The zero-order chi connectivity index (χ0) is 11.3.